The van der Waals surface area contributed by atoms with Gasteiger partial charge in [0.25, 0.3) is 5.91 Å². The number of ether oxygens (including phenoxy) is 2. The summed E-state index contributed by atoms with van der Waals surface area (Å²) >= 11 is 0. The number of carboxylic acids is 1. The molecule has 0 unspecified atom stereocenters. The normalized spacial score (nSPS) is 10.9. The van der Waals surface area contributed by atoms with Crippen LogP contribution in [0.1, 0.15) is 31.8 Å². The SMILES string of the molecule is COc1cc(/C=N/NC(=O)c2cc3ccccc3cc2O)ccc1OCc1ccc(C(=O)O)cc1. The summed E-state index contributed by atoms with van der Waals surface area (Å²) < 4.78 is 11.2. The van der Waals surface area contributed by atoms with Crippen LogP contribution in [0.2, 0.25) is 0 Å². The molecule has 0 aliphatic heterocycles. The number of methoxy groups -OCH3 is 1. The summed E-state index contributed by atoms with van der Waals surface area (Å²) in [5, 5.41) is 24.8. The number of rotatable bonds is 8. The molecule has 4 rings (SSSR count). The number of nitrogens with zero attached hydrogens (tertiary/aromatic N) is 1. The number of aromatic carboxylic acids is 1. The van der Waals surface area contributed by atoms with Crippen molar-refractivity contribution < 1.29 is 29.3 Å². The quantitative estimate of drug-likeness (QED) is 0.256. The van der Waals surface area contributed by atoms with Gasteiger partial charge in [-0.25, -0.2) is 10.2 Å². The highest BCUT2D eigenvalue weighted by Crippen LogP contribution is 2.28. The van der Waals surface area contributed by atoms with Crippen molar-refractivity contribution in [2.45, 2.75) is 6.61 Å². The third-order valence-corrected chi connectivity index (χ3v) is 5.27. The number of carbonyl (C=O) groups excluding carboxylic acids is 1. The number of phenolic OH excluding ortho intramolecular Hbond substituents is 1. The molecule has 0 aromatic heterocycles. The van der Waals surface area contributed by atoms with Crippen LogP contribution in [0.25, 0.3) is 10.8 Å². The fourth-order valence-electron chi connectivity index (χ4n) is 3.42. The summed E-state index contributed by atoms with van der Waals surface area (Å²) in [5.41, 5.74) is 4.21. The molecule has 0 atom stereocenters. The highest BCUT2D eigenvalue weighted by molar-refractivity contribution is 6.01. The fourth-order valence-corrected chi connectivity index (χ4v) is 3.42. The van der Waals surface area contributed by atoms with Crippen molar-refractivity contribution in [3.05, 3.63) is 101 Å². The minimum Gasteiger partial charge on any atom is -0.507 e. The molecule has 8 heteroatoms. The molecular formula is C27H22N2O6. The molecule has 0 aliphatic carbocycles. The van der Waals surface area contributed by atoms with Crippen molar-refractivity contribution in [1.29, 1.82) is 0 Å². The Kier molecular flexibility index (Phi) is 6.92. The molecule has 0 saturated heterocycles. The Bertz CT molecular complexity index is 1410. The minimum atomic E-state index is -0.985. The first-order valence-corrected chi connectivity index (χ1v) is 10.6. The Morgan fingerprint density at radius 2 is 1.66 bits per heavy atom. The van der Waals surface area contributed by atoms with Gasteiger partial charge in [0.05, 0.1) is 24.5 Å². The van der Waals surface area contributed by atoms with E-state index in [9.17, 15) is 14.7 Å². The average molecular weight is 470 g/mol. The number of amides is 1. The van der Waals surface area contributed by atoms with Crippen molar-refractivity contribution in [3.8, 4) is 17.2 Å². The van der Waals surface area contributed by atoms with Crippen LogP contribution in [0.5, 0.6) is 17.2 Å². The number of hydrogen-bond donors (Lipinski definition) is 3. The Hall–Kier alpha value is -4.85. The number of nitrogens with one attached hydrogen (secondary N) is 1. The van der Waals surface area contributed by atoms with Crippen LogP contribution < -0.4 is 14.9 Å². The van der Waals surface area contributed by atoms with Crippen molar-refractivity contribution in [2.24, 2.45) is 5.10 Å². The topological polar surface area (TPSA) is 117 Å². The lowest BCUT2D eigenvalue weighted by Gasteiger charge is -2.11. The zero-order chi connectivity index (χ0) is 24.8. The molecule has 35 heavy (non-hydrogen) atoms. The first kappa shape index (κ1) is 23.3. The maximum atomic E-state index is 12.5. The van der Waals surface area contributed by atoms with Crippen LogP contribution >= 0.6 is 0 Å². The molecule has 0 spiro atoms. The minimum absolute atomic E-state index is 0.124. The van der Waals surface area contributed by atoms with Crippen molar-refractivity contribution in [3.63, 3.8) is 0 Å². The number of phenols is 1. The number of fused-ring (bicyclic) bond motifs is 1. The van der Waals surface area contributed by atoms with Gasteiger partial charge in [-0.05, 0) is 64.4 Å². The van der Waals surface area contributed by atoms with Gasteiger partial charge in [0, 0.05) is 0 Å². The van der Waals surface area contributed by atoms with E-state index in [1.807, 2.05) is 24.3 Å². The second kappa shape index (κ2) is 10.4. The number of carboxylic acid groups (broad SMARTS) is 1. The van der Waals surface area contributed by atoms with Crippen LogP contribution in [-0.4, -0.2) is 35.4 Å². The van der Waals surface area contributed by atoms with E-state index in [1.54, 1.807) is 36.4 Å². The highest BCUT2D eigenvalue weighted by atomic mass is 16.5. The molecule has 4 aromatic rings. The molecule has 0 saturated carbocycles. The lowest BCUT2D eigenvalue weighted by molar-refractivity contribution is 0.0696. The smallest absolute Gasteiger partial charge is 0.335 e. The van der Waals surface area contributed by atoms with Gasteiger partial charge in [-0.2, -0.15) is 5.10 Å². The molecule has 0 radical (unpaired) electrons. The molecule has 0 aliphatic rings. The van der Waals surface area contributed by atoms with E-state index in [4.69, 9.17) is 14.6 Å². The second-order valence-corrected chi connectivity index (χ2v) is 7.62. The van der Waals surface area contributed by atoms with E-state index < -0.39 is 11.9 Å². The van der Waals surface area contributed by atoms with Crippen LogP contribution in [-0.2, 0) is 6.61 Å². The number of carbonyl (C=O) groups is 2. The summed E-state index contributed by atoms with van der Waals surface area (Å²) in [7, 11) is 1.51. The average Bonchev–Trinajstić information content (AvgIpc) is 2.87. The van der Waals surface area contributed by atoms with Crippen LogP contribution in [0, 0.1) is 0 Å². The monoisotopic (exact) mass is 470 g/mol. The molecule has 0 heterocycles. The summed E-state index contributed by atoms with van der Waals surface area (Å²) in [6, 6.07) is 22.1. The molecule has 4 aromatic carbocycles. The van der Waals surface area contributed by atoms with Gasteiger partial charge in [-0.15, -0.1) is 0 Å². The number of aromatic hydroxyl groups is 1. The highest BCUT2D eigenvalue weighted by Gasteiger charge is 2.12. The van der Waals surface area contributed by atoms with Crippen LogP contribution in [0.3, 0.4) is 0 Å². The lowest BCUT2D eigenvalue weighted by atomic mass is 10.1. The van der Waals surface area contributed by atoms with Gasteiger partial charge in [0.1, 0.15) is 12.4 Å². The van der Waals surface area contributed by atoms with Crippen molar-refractivity contribution in [1.82, 2.24) is 5.43 Å². The van der Waals surface area contributed by atoms with Crippen LogP contribution in [0.4, 0.5) is 0 Å². The van der Waals surface area contributed by atoms with E-state index >= 15 is 0 Å². The summed E-state index contributed by atoms with van der Waals surface area (Å²) in [6.45, 7) is 0.231. The predicted octanol–water partition coefficient (Wildman–Crippen LogP) is 4.60. The maximum absolute atomic E-state index is 12.5. The van der Waals surface area contributed by atoms with Gasteiger partial charge >= 0.3 is 5.97 Å². The fraction of sp³-hybridized carbons (Fsp3) is 0.0741. The zero-order valence-electron chi connectivity index (χ0n) is 18.8. The summed E-state index contributed by atoms with van der Waals surface area (Å²) in [5.74, 6) is -0.684. The van der Waals surface area contributed by atoms with Crippen LogP contribution in [0.15, 0.2) is 84.0 Å². The third-order valence-electron chi connectivity index (χ3n) is 5.27. The van der Waals surface area contributed by atoms with E-state index in [2.05, 4.69) is 10.5 Å². The zero-order valence-corrected chi connectivity index (χ0v) is 18.8. The lowest BCUT2D eigenvalue weighted by Crippen LogP contribution is -2.17. The van der Waals surface area contributed by atoms with Gasteiger partial charge < -0.3 is 19.7 Å². The first-order chi connectivity index (χ1) is 16.9. The van der Waals surface area contributed by atoms with E-state index in [1.165, 1.54) is 31.5 Å². The predicted molar refractivity (Wildman–Crippen MR) is 131 cm³/mol. The van der Waals surface area contributed by atoms with E-state index in [0.717, 1.165) is 16.3 Å². The third kappa shape index (κ3) is 5.56. The van der Waals surface area contributed by atoms with Gasteiger partial charge in [0.2, 0.25) is 0 Å². The first-order valence-electron chi connectivity index (χ1n) is 10.6. The molecule has 0 fully saturated rings. The largest absolute Gasteiger partial charge is 0.507 e. The second-order valence-electron chi connectivity index (χ2n) is 7.62. The standard InChI is InChI=1S/C27H22N2O6/c1-34-25-12-18(8-11-24(25)35-16-17-6-9-19(10-7-17)27(32)33)15-28-29-26(31)22-13-20-4-2-3-5-21(20)14-23(22)30/h2-15,30H,16H2,1H3,(H,29,31)(H,32,33)/b28-15+. The number of benzene rings is 4. The van der Waals surface area contributed by atoms with Gasteiger partial charge in [-0.3, -0.25) is 4.79 Å². The molecule has 1 amide bonds. The molecule has 0 bridgehead atoms. The number of hydrazone groups is 1. The Labute approximate surface area is 201 Å². The molecule has 3 N–H and O–H groups in total. The van der Waals surface area contributed by atoms with E-state index in [0.29, 0.717) is 17.1 Å². The summed E-state index contributed by atoms with van der Waals surface area (Å²) in [6.07, 6.45) is 1.45. The van der Waals surface area contributed by atoms with Crippen molar-refractivity contribution >= 4 is 28.9 Å². The number of hydrogen-bond acceptors (Lipinski definition) is 6. The molecular weight excluding hydrogens is 448 g/mol. The summed E-state index contributed by atoms with van der Waals surface area (Å²) in [4.78, 5) is 23.5. The van der Waals surface area contributed by atoms with Gasteiger partial charge in [-0.1, -0.05) is 36.4 Å². The van der Waals surface area contributed by atoms with Gasteiger partial charge in [0.15, 0.2) is 11.5 Å². The Morgan fingerprint density at radius 3 is 2.34 bits per heavy atom. The Morgan fingerprint density at radius 1 is 0.943 bits per heavy atom. The molecule has 8 nitrogen and oxygen atoms in total. The molecule has 176 valence electrons. The maximum Gasteiger partial charge on any atom is 0.335 e. The van der Waals surface area contributed by atoms with E-state index in [-0.39, 0.29) is 23.5 Å². The van der Waals surface area contributed by atoms with Crippen molar-refractivity contribution in [2.75, 3.05) is 7.11 Å². The Balaban J connectivity index is 1.40.